The van der Waals surface area contributed by atoms with E-state index in [2.05, 4.69) is 32.8 Å². The molecule has 0 aliphatic carbocycles. The Kier molecular flexibility index (Phi) is 3.34. The largest absolute Gasteiger partial charge is 0.305 e. The van der Waals surface area contributed by atoms with Gasteiger partial charge in [0, 0.05) is 11.6 Å². The van der Waals surface area contributed by atoms with Gasteiger partial charge in [0.25, 0.3) is 0 Å². The second kappa shape index (κ2) is 4.12. The van der Waals surface area contributed by atoms with Crippen LogP contribution in [-0.2, 0) is 6.54 Å². The lowest BCUT2D eigenvalue weighted by atomic mass is 10.0. The number of hydrogen-bond donors (Lipinski definition) is 0. The lowest BCUT2D eigenvalue weighted by Crippen LogP contribution is -2.12. The number of benzene rings is 1. The Morgan fingerprint density at radius 1 is 1.23 bits per heavy atom. The van der Waals surface area contributed by atoms with Crippen LogP contribution in [0.1, 0.15) is 16.7 Å². The van der Waals surface area contributed by atoms with Crippen molar-refractivity contribution >= 4 is 11.6 Å². The van der Waals surface area contributed by atoms with E-state index in [1.807, 2.05) is 12.1 Å². The topological polar surface area (TPSA) is 3.24 Å². The van der Waals surface area contributed by atoms with Crippen molar-refractivity contribution in [2.75, 3.05) is 14.1 Å². The first-order valence-electron chi connectivity index (χ1n) is 4.41. The maximum atomic E-state index is 5.99. The van der Waals surface area contributed by atoms with Crippen molar-refractivity contribution in [3.8, 4) is 0 Å². The van der Waals surface area contributed by atoms with Crippen molar-refractivity contribution in [2.45, 2.75) is 20.4 Å². The predicted octanol–water partition coefficient (Wildman–Crippen LogP) is 3.02. The maximum Gasteiger partial charge on any atom is 0.0412 e. The summed E-state index contributed by atoms with van der Waals surface area (Å²) < 4.78 is 0. The van der Waals surface area contributed by atoms with Gasteiger partial charge < -0.3 is 4.90 Å². The molecule has 0 N–H and O–H groups in total. The number of rotatable bonds is 2. The molecule has 0 saturated carbocycles. The van der Waals surface area contributed by atoms with Gasteiger partial charge in [-0.15, -0.1) is 0 Å². The number of halogens is 1. The fraction of sp³-hybridized carbons (Fsp3) is 0.455. The van der Waals surface area contributed by atoms with Gasteiger partial charge in [-0.1, -0.05) is 11.6 Å². The highest BCUT2D eigenvalue weighted by Crippen LogP contribution is 2.20. The quantitative estimate of drug-likeness (QED) is 0.705. The zero-order chi connectivity index (χ0) is 10.0. The molecule has 0 saturated heterocycles. The highest BCUT2D eigenvalue weighted by atomic mass is 35.5. The molecule has 1 aromatic carbocycles. The summed E-state index contributed by atoms with van der Waals surface area (Å²) in [5.41, 5.74) is 3.93. The van der Waals surface area contributed by atoms with Crippen molar-refractivity contribution in [3.05, 3.63) is 33.8 Å². The van der Waals surface area contributed by atoms with E-state index in [0.717, 1.165) is 11.6 Å². The summed E-state index contributed by atoms with van der Waals surface area (Å²) in [5, 5.41) is 0.833. The van der Waals surface area contributed by atoms with E-state index >= 15 is 0 Å². The molecule has 0 spiro atoms. The summed E-state index contributed by atoms with van der Waals surface area (Å²) in [7, 11) is 4.13. The molecule has 0 atom stereocenters. The molecule has 1 aromatic rings. The van der Waals surface area contributed by atoms with Crippen LogP contribution in [0.15, 0.2) is 12.1 Å². The first-order chi connectivity index (χ1) is 6.00. The molecule has 0 aromatic heterocycles. The normalized spacial score (nSPS) is 10.9. The molecule has 0 aliphatic rings. The lowest BCUT2D eigenvalue weighted by molar-refractivity contribution is 0.401. The molecule has 72 valence electrons. The van der Waals surface area contributed by atoms with Crippen LogP contribution in [0.2, 0.25) is 5.02 Å². The molecular formula is C11H16ClN. The number of aryl methyl sites for hydroxylation is 1. The van der Waals surface area contributed by atoms with Gasteiger partial charge >= 0.3 is 0 Å². The Morgan fingerprint density at radius 3 is 2.38 bits per heavy atom. The summed E-state index contributed by atoms with van der Waals surface area (Å²) in [4.78, 5) is 2.15. The van der Waals surface area contributed by atoms with E-state index in [1.54, 1.807) is 0 Å². The van der Waals surface area contributed by atoms with Crippen molar-refractivity contribution in [1.29, 1.82) is 0 Å². The fourth-order valence-corrected chi connectivity index (χ4v) is 1.68. The van der Waals surface area contributed by atoms with Gasteiger partial charge in [0.2, 0.25) is 0 Å². The minimum atomic E-state index is 0.833. The molecule has 0 bridgehead atoms. The zero-order valence-electron chi connectivity index (χ0n) is 8.69. The highest BCUT2D eigenvalue weighted by molar-refractivity contribution is 6.30. The Morgan fingerprint density at radius 2 is 1.85 bits per heavy atom. The smallest absolute Gasteiger partial charge is 0.0412 e. The van der Waals surface area contributed by atoms with Gasteiger partial charge in [-0.2, -0.15) is 0 Å². The van der Waals surface area contributed by atoms with Gasteiger partial charge in [0.15, 0.2) is 0 Å². The van der Waals surface area contributed by atoms with Crippen LogP contribution in [0.5, 0.6) is 0 Å². The monoisotopic (exact) mass is 197 g/mol. The van der Waals surface area contributed by atoms with Crippen LogP contribution in [-0.4, -0.2) is 19.0 Å². The van der Waals surface area contributed by atoms with Crippen LogP contribution in [0, 0.1) is 13.8 Å². The molecule has 0 radical (unpaired) electrons. The van der Waals surface area contributed by atoms with Gasteiger partial charge in [0.1, 0.15) is 0 Å². The van der Waals surface area contributed by atoms with Gasteiger partial charge in [0.05, 0.1) is 0 Å². The predicted molar refractivity (Wildman–Crippen MR) is 58.3 cm³/mol. The van der Waals surface area contributed by atoms with E-state index in [0.29, 0.717) is 0 Å². The van der Waals surface area contributed by atoms with Crippen molar-refractivity contribution in [2.24, 2.45) is 0 Å². The first-order valence-corrected chi connectivity index (χ1v) is 4.79. The summed E-state index contributed by atoms with van der Waals surface area (Å²) in [6.45, 7) is 5.19. The maximum absolute atomic E-state index is 5.99. The molecule has 0 amide bonds. The Labute approximate surface area is 85.3 Å². The standard InChI is InChI=1S/C11H16ClN/c1-8-5-11(12)6-10(9(8)2)7-13(3)4/h5-6H,7H2,1-4H3. The second-order valence-electron chi connectivity index (χ2n) is 3.74. The molecule has 1 nitrogen and oxygen atoms in total. The van der Waals surface area contributed by atoms with E-state index in [9.17, 15) is 0 Å². The molecule has 0 aliphatic heterocycles. The molecular weight excluding hydrogens is 182 g/mol. The fourth-order valence-electron chi connectivity index (χ4n) is 1.39. The van der Waals surface area contributed by atoms with Crippen LogP contribution in [0.25, 0.3) is 0 Å². The Balaban J connectivity index is 3.05. The Hall–Kier alpha value is -0.530. The van der Waals surface area contributed by atoms with Gasteiger partial charge in [-0.05, 0) is 56.8 Å². The average molecular weight is 198 g/mol. The van der Waals surface area contributed by atoms with Crippen LogP contribution in [0.3, 0.4) is 0 Å². The van der Waals surface area contributed by atoms with E-state index < -0.39 is 0 Å². The summed E-state index contributed by atoms with van der Waals surface area (Å²) in [6, 6.07) is 4.06. The summed E-state index contributed by atoms with van der Waals surface area (Å²) in [5.74, 6) is 0. The van der Waals surface area contributed by atoms with Crippen molar-refractivity contribution < 1.29 is 0 Å². The lowest BCUT2D eigenvalue weighted by Gasteiger charge is -2.14. The SMILES string of the molecule is Cc1cc(Cl)cc(CN(C)C)c1C. The van der Waals surface area contributed by atoms with Gasteiger partial charge in [-0.25, -0.2) is 0 Å². The number of nitrogens with zero attached hydrogens (tertiary/aromatic N) is 1. The third kappa shape index (κ3) is 2.71. The molecule has 0 fully saturated rings. The third-order valence-corrected chi connectivity index (χ3v) is 2.44. The molecule has 0 heterocycles. The van der Waals surface area contributed by atoms with Crippen LogP contribution < -0.4 is 0 Å². The second-order valence-corrected chi connectivity index (χ2v) is 4.18. The van der Waals surface area contributed by atoms with Crippen molar-refractivity contribution in [3.63, 3.8) is 0 Å². The Bertz CT molecular complexity index is 305. The van der Waals surface area contributed by atoms with Gasteiger partial charge in [-0.3, -0.25) is 0 Å². The minimum Gasteiger partial charge on any atom is -0.305 e. The molecule has 13 heavy (non-hydrogen) atoms. The average Bonchev–Trinajstić information content (AvgIpc) is 1.98. The van der Waals surface area contributed by atoms with Crippen molar-refractivity contribution in [1.82, 2.24) is 4.90 Å². The van der Waals surface area contributed by atoms with E-state index in [-0.39, 0.29) is 0 Å². The first kappa shape index (κ1) is 10.6. The molecule has 1 rings (SSSR count). The molecule has 2 heteroatoms. The van der Waals surface area contributed by atoms with E-state index in [4.69, 9.17) is 11.6 Å². The number of hydrogen-bond acceptors (Lipinski definition) is 1. The third-order valence-electron chi connectivity index (χ3n) is 2.23. The van der Waals surface area contributed by atoms with Crippen LogP contribution >= 0.6 is 11.6 Å². The highest BCUT2D eigenvalue weighted by Gasteiger charge is 2.03. The minimum absolute atomic E-state index is 0.833. The zero-order valence-corrected chi connectivity index (χ0v) is 9.44. The summed E-state index contributed by atoms with van der Waals surface area (Å²) in [6.07, 6.45) is 0. The van der Waals surface area contributed by atoms with Crippen LogP contribution in [0.4, 0.5) is 0 Å². The summed E-state index contributed by atoms with van der Waals surface area (Å²) >= 11 is 5.99. The van der Waals surface area contributed by atoms with E-state index in [1.165, 1.54) is 16.7 Å². The molecule has 0 unspecified atom stereocenters.